The zero-order valence-electron chi connectivity index (χ0n) is 7.07. The second-order valence-corrected chi connectivity index (χ2v) is 2.33. The minimum Gasteiger partial charge on any atom is -0.464 e. The largest absolute Gasteiger partial charge is 0.464 e. The number of ether oxygens (including phenoxy) is 2. The van der Waals surface area contributed by atoms with Crippen LogP contribution in [-0.2, 0) is 4.74 Å². The highest BCUT2D eigenvalue weighted by Gasteiger charge is 2.04. The van der Waals surface area contributed by atoms with Crippen LogP contribution in [0.5, 0.6) is 5.75 Å². The van der Waals surface area contributed by atoms with Gasteiger partial charge >= 0.3 is 0 Å². The Morgan fingerprint density at radius 1 is 1.33 bits per heavy atom. The molecule has 0 aliphatic heterocycles. The van der Waals surface area contributed by atoms with E-state index in [1.54, 1.807) is 7.11 Å². The fourth-order valence-corrected chi connectivity index (χ4v) is 0.843. The number of benzene rings is 1. The Balaban J connectivity index is 2.51. The topological polar surface area (TPSA) is 44.5 Å². The zero-order valence-corrected chi connectivity index (χ0v) is 7.07. The van der Waals surface area contributed by atoms with Gasteiger partial charge in [0.1, 0.15) is 5.75 Å². The van der Waals surface area contributed by atoms with Crippen LogP contribution < -0.4 is 10.5 Å². The van der Waals surface area contributed by atoms with Crippen LogP contribution in [-0.4, -0.2) is 19.9 Å². The number of nitrogens with two attached hydrogens (primary N) is 1. The Morgan fingerprint density at radius 3 is 2.50 bits per heavy atom. The van der Waals surface area contributed by atoms with E-state index in [0.29, 0.717) is 6.54 Å². The summed E-state index contributed by atoms with van der Waals surface area (Å²) in [6.45, 7) is 0.353. The summed E-state index contributed by atoms with van der Waals surface area (Å²) in [4.78, 5) is 0. The molecule has 0 heterocycles. The molecule has 0 aromatic heterocycles. The van der Waals surface area contributed by atoms with Gasteiger partial charge in [-0.05, 0) is 12.1 Å². The van der Waals surface area contributed by atoms with Crippen molar-refractivity contribution in [1.82, 2.24) is 0 Å². The van der Waals surface area contributed by atoms with Gasteiger partial charge in [0.2, 0.25) is 6.29 Å². The number of hydrogen-bond donors (Lipinski definition) is 1. The van der Waals surface area contributed by atoms with Crippen LogP contribution in [0.2, 0.25) is 0 Å². The van der Waals surface area contributed by atoms with E-state index in [9.17, 15) is 0 Å². The van der Waals surface area contributed by atoms with Crippen LogP contribution in [0.3, 0.4) is 0 Å². The van der Waals surface area contributed by atoms with Crippen molar-refractivity contribution in [3.05, 3.63) is 30.3 Å². The van der Waals surface area contributed by atoms with Gasteiger partial charge in [-0.3, -0.25) is 0 Å². The van der Waals surface area contributed by atoms with Crippen LogP contribution >= 0.6 is 0 Å². The molecule has 1 rings (SSSR count). The van der Waals surface area contributed by atoms with Crippen LogP contribution in [0, 0.1) is 0 Å². The van der Waals surface area contributed by atoms with Crippen molar-refractivity contribution in [1.29, 1.82) is 0 Å². The molecule has 1 aromatic rings. The van der Waals surface area contributed by atoms with Gasteiger partial charge in [0.15, 0.2) is 0 Å². The molecule has 2 N–H and O–H groups in total. The van der Waals surface area contributed by atoms with Gasteiger partial charge in [-0.1, -0.05) is 18.2 Å². The SMILES string of the molecule is COC(CN)Oc1ccccc1. The summed E-state index contributed by atoms with van der Waals surface area (Å²) in [7, 11) is 1.57. The lowest BCUT2D eigenvalue weighted by molar-refractivity contribution is -0.0453. The normalized spacial score (nSPS) is 12.5. The first kappa shape index (κ1) is 9.03. The van der Waals surface area contributed by atoms with Crippen LogP contribution in [0.4, 0.5) is 0 Å². The van der Waals surface area contributed by atoms with Crippen LogP contribution in [0.25, 0.3) is 0 Å². The molecule has 1 atom stereocenters. The summed E-state index contributed by atoms with van der Waals surface area (Å²) in [5.41, 5.74) is 5.38. The van der Waals surface area contributed by atoms with Gasteiger partial charge < -0.3 is 15.2 Å². The highest BCUT2D eigenvalue weighted by Crippen LogP contribution is 2.10. The summed E-state index contributed by atoms with van der Waals surface area (Å²) >= 11 is 0. The van der Waals surface area contributed by atoms with E-state index in [4.69, 9.17) is 15.2 Å². The van der Waals surface area contributed by atoms with Crippen molar-refractivity contribution >= 4 is 0 Å². The maximum absolute atomic E-state index is 5.38. The van der Waals surface area contributed by atoms with Gasteiger partial charge in [-0.2, -0.15) is 0 Å². The average Bonchev–Trinajstić information content (AvgIpc) is 2.16. The predicted octanol–water partition coefficient (Wildman–Crippen LogP) is 0.997. The van der Waals surface area contributed by atoms with Crippen molar-refractivity contribution in [3.8, 4) is 5.75 Å². The summed E-state index contributed by atoms with van der Waals surface area (Å²) in [6, 6.07) is 9.46. The number of hydrogen-bond acceptors (Lipinski definition) is 3. The summed E-state index contributed by atoms with van der Waals surface area (Å²) < 4.78 is 10.3. The summed E-state index contributed by atoms with van der Waals surface area (Å²) in [5.74, 6) is 0.773. The molecule has 0 saturated heterocycles. The second kappa shape index (κ2) is 4.74. The number of methoxy groups -OCH3 is 1. The molecule has 12 heavy (non-hydrogen) atoms. The molecule has 0 bridgehead atoms. The maximum Gasteiger partial charge on any atom is 0.211 e. The molecule has 3 heteroatoms. The molecule has 0 saturated carbocycles. The van der Waals surface area contributed by atoms with Crippen molar-refractivity contribution in [2.75, 3.05) is 13.7 Å². The van der Waals surface area contributed by atoms with Crippen molar-refractivity contribution in [2.45, 2.75) is 6.29 Å². The number of rotatable bonds is 4. The van der Waals surface area contributed by atoms with Gasteiger partial charge in [-0.25, -0.2) is 0 Å². The molecular weight excluding hydrogens is 154 g/mol. The minimum absolute atomic E-state index is 0.353. The lowest BCUT2D eigenvalue weighted by Gasteiger charge is -2.14. The molecule has 1 aromatic carbocycles. The van der Waals surface area contributed by atoms with Gasteiger partial charge in [0.25, 0.3) is 0 Å². The van der Waals surface area contributed by atoms with E-state index >= 15 is 0 Å². The Labute approximate surface area is 72.1 Å². The molecule has 0 aliphatic carbocycles. The lowest BCUT2D eigenvalue weighted by Crippen LogP contribution is -2.28. The van der Waals surface area contributed by atoms with E-state index in [2.05, 4.69) is 0 Å². The fourth-order valence-electron chi connectivity index (χ4n) is 0.843. The Kier molecular flexibility index (Phi) is 3.57. The standard InChI is InChI=1S/C9H13NO2/c1-11-9(7-10)12-8-5-3-2-4-6-8/h2-6,9H,7,10H2,1H3. The van der Waals surface area contributed by atoms with E-state index in [1.165, 1.54) is 0 Å². The van der Waals surface area contributed by atoms with Gasteiger partial charge in [-0.15, -0.1) is 0 Å². The minimum atomic E-state index is -0.354. The van der Waals surface area contributed by atoms with Crippen molar-refractivity contribution in [2.24, 2.45) is 5.73 Å². The zero-order chi connectivity index (χ0) is 8.81. The highest BCUT2D eigenvalue weighted by atomic mass is 16.7. The van der Waals surface area contributed by atoms with Crippen LogP contribution in [0.1, 0.15) is 0 Å². The monoisotopic (exact) mass is 167 g/mol. The Bertz CT molecular complexity index is 209. The van der Waals surface area contributed by atoms with Gasteiger partial charge in [0, 0.05) is 7.11 Å². The van der Waals surface area contributed by atoms with Gasteiger partial charge in [0.05, 0.1) is 6.54 Å². The molecule has 0 spiro atoms. The third kappa shape index (κ3) is 2.53. The van der Waals surface area contributed by atoms with Crippen LogP contribution in [0.15, 0.2) is 30.3 Å². The molecule has 3 nitrogen and oxygen atoms in total. The Morgan fingerprint density at radius 2 is 2.00 bits per heavy atom. The first-order chi connectivity index (χ1) is 5.86. The summed E-state index contributed by atoms with van der Waals surface area (Å²) in [5, 5.41) is 0. The van der Waals surface area contributed by atoms with E-state index in [0.717, 1.165) is 5.75 Å². The molecule has 0 aliphatic rings. The van der Waals surface area contributed by atoms with E-state index in [1.807, 2.05) is 30.3 Å². The second-order valence-electron chi connectivity index (χ2n) is 2.33. The maximum atomic E-state index is 5.38. The molecule has 66 valence electrons. The third-order valence-corrected chi connectivity index (χ3v) is 1.47. The molecular formula is C9H13NO2. The van der Waals surface area contributed by atoms with E-state index in [-0.39, 0.29) is 6.29 Å². The van der Waals surface area contributed by atoms with Crippen molar-refractivity contribution in [3.63, 3.8) is 0 Å². The predicted molar refractivity (Wildman–Crippen MR) is 46.9 cm³/mol. The first-order valence-electron chi connectivity index (χ1n) is 3.81. The highest BCUT2D eigenvalue weighted by molar-refractivity contribution is 5.20. The molecule has 1 unspecified atom stereocenters. The fraction of sp³-hybridized carbons (Fsp3) is 0.333. The Hall–Kier alpha value is -1.06. The average molecular weight is 167 g/mol. The summed E-state index contributed by atoms with van der Waals surface area (Å²) in [6.07, 6.45) is -0.354. The molecule has 0 fully saturated rings. The van der Waals surface area contributed by atoms with Crippen molar-refractivity contribution < 1.29 is 9.47 Å². The smallest absolute Gasteiger partial charge is 0.211 e. The number of para-hydroxylation sites is 1. The quantitative estimate of drug-likeness (QED) is 0.680. The molecule has 0 radical (unpaired) electrons. The van der Waals surface area contributed by atoms with E-state index < -0.39 is 0 Å². The first-order valence-corrected chi connectivity index (χ1v) is 3.81. The molecule has 0 amide bonds. The lowest BCUT2D eigenvalue weighted by atomic mass is 10.3. The third-order valence-electron chi connectivity index (χ3n) is 1.47.